The largest absolute Gasteiger partial charge is 0.511 e. The van der Waals surface area contributed by atoms with Crippen molar-refractivity contribution in [1.29, 1.82) is 0 Å². The lowest BCUT2D eigenvalue weighted by Gasteiger charge is -2.28. The first kappa shape index (κ1) is 26.6. The van der Waals surface area contributed by atoms with Crippen molar-refractivity contribution in [1.82, 2.24) is 0 Å². The van der Waals surface area contributed by atoms with Gasteiger partial charge in [0.1, 0.15) is 19.0 Å². The van der Waals surface area contributed by atoms with Crippen molar-refractivity contribution in [3.05, 3.63) is 43.4 Å². The van der Waals surface area contributed by atoms with Gasteiger partial charge in [0.2, 0.25) is 12.9 Å². The maximum absolute atomic E-state index is 13.5. The molecule has 0 saturated heterocycles. The van der Waals surface area contributed by atoms with Gasteiger partial charge in [-0.1, -0.05) is 15.9 Å². The first-order valence-corrected chi connectivity index (χ1v) is 11.0. The van der Waals surface area contributed by atoms with Crippen LogP contribution in [0.2, 0.25) is 0 Å². The highest BCUT2D eigenvalue weighted by Crippen LogP contribution is 2.40. The van der Waals surface area contributed by atoms with Crippen molar-refractivity contribution >= 4 is 45.9 Å². The highest BCUT2D eigenvalue weighted by atomic mass is 79.9. The third-order valence-electron chi connectivity index (χ3n) is 3.87. The summed E-state index contributed by atoms with van der Waals surface area (Å²) in [5, 5.41) is 9.03. The number of benzene rings is 1. The predicted octanol–water partition coefficient (Wildman–Crippen LogP) is 4.06. The quantitative estimate of drug-likeness (QED) is 0.136. The summed E-state index contributed by atoms with van der Waals surface area (Å²) in [5.41, 5.74) is -0.125. The van der Waals surface area contributed by atoms with Gasteiger partial charge in [0, 0.05) is 21.5 Å². The van der Waals surface area contributed by atoms with Gasteiger partial charge in [-0.2, -0.15) is 24.9 Å². The fraction of sp³-hybridized carbons (Fsp3) is 0.444. The van der Waals surface area contributed by atoms with Gasteiger partial charge in [-0.25, -0.2) is 9.59 Å². The second-order valence-corrected chi connectivity index (χ2v) is 8.38. The molecule has 0 aromatic heterocycles. The summed E-state index contributed by atoms with van der Waals surface area (Å²) in [5.74, 6) is -0.829. The molecule has 1 aliphatic rings. The molecule has 1 aliphatic heterocycles. The average molecular weight is 560 g/mol. The molecule has 0 fully saturated rings. The van der Waals surface area contributed by atoms with Crippen LogP contribution in [-0.2, 0) is 23.8 Å². The number of alkyl halides is 3. The molecule has 33 heavy (non-hydrogen) atoms. The Morgan fingerprint density at radius 3 is 2.58 bits per heavy atom. The summed E-state index contributed by atoms with van der Waals surface area (Å²) in [6.07, 6.45) is -7.66. The topological polar surface area (TPSA) is 123 Å². The Bertz CT molecular complexity index is 926. The zero-order valence-corrected chi connectivity index (χ0v) is 19.3. The van der Waals surface area contributed by atoms with Crippen LogP contribution < -0.4 is 4.74 Å². The SMILES string of the molecule is Cc1cc(Br)cc2c1OC(C(F)(F)F)C(C(=O)OCOC(=O)OCCSCCO[N+](=O)[O-])=C2. The Hall–Kier alpha value is -2.68. The molecule has 182 valence electrons. The average Bonchev–Trinajstić information content (AvgIpc) is 2.71. The van der Waals surface area contributed by atoms with Crippen LogP contribution in [0.5, 0.6) is 5.75 Å². The number of carbonyl (C=O) groups excluding carboxylic acids is 2. The molecule has 2 rings (SSSR count). The number of ether oxygens (including phenoxy) is 4. The summed E-state index contributed by atoms with van der Waals surface area (Å²) in [6, 6.07) is 3.05. The molecular weight excluding hydrogens is 543 g/mol. The van der Waals surface area contributed by atoms with Gasteiger partial charge < -0.3 is 23.8 Å². The lowest BCUT2D eigenvalue weighted by molar-refractivity contribution is -0.756. The van der Waals surface area contributed by atoms with Crippen LogP contribution in [0.3, 0.4) is 0 Å². The molecule has 0 bridgehead atoms. The first-order chi connectivity index (χ1) is 15.5. The van der Waals surface area contributed by atoms with Gasteiger partial charge in [0.25, 0.3) is 5.09 Å². The molecule has 1 heterocycles. The van der Waals surface area contributed by atoms with E-state index in [9.17, 15) is 32.9 Å². The lowest BCUT2D eigenvalue weighted by atomic mass is 9.99. The van der Waals surface area contributed by atoms with Crippen molar-refractivity contribution < 1.29 is 51.6 Å². The summed E-state index contributed by atoms with van der Waals surface area (Å²) in [7, 11) is 0. The number of halogens is 4. The lowest BCUT2D eigenvalue weighted by Crippen LogP contribution is -2.41. The van der Waals surface area contributed by atoms with Crippen molar-refractivity contribution in [2.45, 2.75) is 19.2 Å². The molecule has 0 aliphatic carbocycles. The van der Waals surface area contributed by atoms with E-state index in [1.165, 1.54) is 17.8 Å². The molecule has 15 heteroatoms. The van der Waals surface area contributed by atoms with Gasteiger partial charge in [0.05, 0.1) is 5.57 Å². The first-order valence-electron chi connectivity index (χ1n) is 9.06. The van der Waals surface area contributed by atoms with E-state index in [4.69, 9.17) is 4.74 Å². The number of esters is 1. The van der Waals surface area contributed by atoms with Crippen LogP contribution in [-0.4, -0.2) is 61.0 Å². The fourth-order valence-corrected chi connectivity index (χ4v) is 3.76. The van der Waals surface area contributed by atoms with Crippen LogP contribution in [0.15, 0.2) is 22.2 Å². The number of carbonyl (C=O) groups is 2. The highest BCUT2D eigenvalue weighted by Gasteiger charge is 2.49. The molecule has 10 nitrogen and oxygen atoms in total. The molecule has 0 saturated carbocycles. The molecule has 1 aromatic rings. The number of aryl methyl sites for hydroxylation is 1. The normalized spacial score (nSPS) is 14.9. The maximum Gasteiger partial charge on any atom is 0.511 e. The van der Waals surface area contributed by atoms with E-state index >= 15 is 0 Å². The van der Waals surface area contributed by atoms with Crippen LogP contribution in [0.4, 0.5) is 18.0 Å². The Kier molecular flexibility index (Phi) is 9.64. The number of hydrogen-bond donors (Lipinski definition) is 0. The fourth-order valence-electron chi connectivity index (χ4n) is 2.57. The standard InChI is InChI=1S/C18H17BrF3NO9S/c1-10-6-12(19)7-11-8-13(15(18(20,21)22)32-14(10)11)16(24)29-9-30-17(25)28-2-4-33-5-3-31-23(26)27/h6-8,15H,2-5,9H2,1H3. The van der Waals surface area contributed by atoms with Gasteiger partial charge in [0.15, 0.2) is 0 Å². The highest BCUT2D eigenvalue weighted by molar-refractivity contribution is 9.10. The number of nitrogens with zero attached hydrogens (tertiary/aromatic N) is 1. The zero-order valence-electron chi connectivity index (χ0n) is 16.9. The van der Waals surface area contributed by atoms with Crippen molar-refractivity contribution in [2.75, 3.05) is 31.5 Å². The summed E-state index contributed by atoms with van der Waals surface area (Å²) >= 11 is 4.43. The van der Waals surface area contributed by atoms with E-state index in [0.29, 0.717) is 10.0 Å². The Labute approximate surface area is 197 Å². The molecule has 0 amide bonds. The van der Waals surface area contributed by atoms with Crippen molar-refractivity contribution in [3.8, 4) is 5.75 Å². The summed E-state index contributed by atoms with van der Waals surface area (Å²) in [6.45, 7) is 0.341. The minimum Gasteiger partial charge on any atom is -0.475 e. The van der Waals surface area contributed by atoms with E-state index < -0.39 is 41.9 Å². The van der Waals surface area contributed by atoms with Crippen LogP contribution in [0.1, 0.15) is 11.1 Å². The molecule has 0 N–H and O–H groups in total. The van der Waals surface area contributed by atoms with Gasteiger partial charge >= 0.3 is 18.3 Å². The maximum atomic E-state index is 13.5. The second kappa shape index (κ2) is 12.0. The molecule has 0 radical (unpaired) electrons. The number of rotatable bonds is 10. The smallest absolute Gasteiger partial charge is 0.475 e. The second-order valence-electron chi connectivity index (χ2n) is 6.24. The zero-order chi connectivity index (χ0) is 24.6. The van der Waals surface area contributed by atoms with Gasteiger partial charge in [-0.15, -0.1) is 10.1 Å². The van der Waals surface area contributed by atoms with E-state index in [1.807, 2.05) is 0 Å². The molecule has 0 spiro atoms. The summed E-state index contributed by atoms with van der Waals surface area (Å²) < 4.78 is 59.8. The predicted molar refractivity (Wildman–Crippen MR) is 111 cm³/mol. The van der Waals surface area contributed by atoms with E-state index in [0.717, 1.165) is 6.08 Å². The van der Waals surface area contributed by atoms with E-state index in [2.05, 4.69) is 35.0 Å². The van der Waals surface area contributed by atoms with Crippen molar-refractivity contribution in [2.24, 2.45) is 0 Å². The number of thioether (sulfide) groups is 1. The molecule has 1 unspecified atom stereocenters. The van der Waals surface area contributed by atoms with Crippen LogP contribution in [0, 0.1) is 17.0 Å². The summed E-state index contributed by atoms with van der Waals surface area (Å²) in [4.78, 5) is 37.8. The minimum atomic E-state index is -4.90. The van der Waals surface area contributed by atoms with Crippen LogP contribution >= 0.6 is 27.7 Å². The Balaban J connectivity index is 1.85. The van der Waals surface area contributed by atoms with Crippen molar-refractivity contribution in [3.63, 3.8) is 0 Å². The third kappa shape index (κ3) is 8.31. The number of hydrogen-bond acceptors (Lipinski definition) is 10. The minimum absolute atomic E-state index is 0.0142. The van der Waals surface area contributed by atoms with Gasteiger partial charge in [-0.3, -0.25) is 0 Å². The van der Waals surface area contributed by atoms with E-state index in [-0.39, 0.29) is 36.0 Å². The van der Waals surface area contributed by atoms with Gasteiger partial charge in [-0.05, 0) is 30.7 Å². The monoisotopic (exact) mass is 559 g/mol. The molecular formula is C18H17BrF3NO9S. The molecule has 1 aromatic carbocycles. The van der Waals surface area contributed by atoms with E-state index in [1.54, 1.807) is 13.0 Å². The van der Waals surface area contributed by atoms with Crippen LogP contribution in [0.25, 0.3) is 6.08 Å². The number of fused-ring (bicyclic) bond motifs is 1. The Morgan fingerprint density at radius 2 is 1.91 bits per heavy atom. The molecule has 1 atom stereocenters. The Morgan fingerprint density at radius 1 is 1.21 bits per heavy atom. The third-order valence-corrected chi connectivity index (χ3v) is 5.24.